The second-order valence-electron chi connectivity index (χ2n) is 4.23. The Morgan fingerprint density at radius 3 is 2.82 bits per heavy atom. The van der Waals surface area contributed by atoms with Gasteiger partial charge in [0, 0.05) is 18.7 Å². The number of ketones is 1. The van der Waals surface area contributed by atoms with Crippen LogP contribution < -0.4 is 10.5 Å². The van der Waals surface area contributed by atoms with E-state index < -0.39 is 0 Å². The van der Waals surface area contributed by atoms with Gasteiger partial charge in [0.2, 0.25) is 0 Å². The Hall–Kier alpha value is -0.910. The molecule has 0 radical (unpaired) electrons. The van der Waals surface area contributed by atoms with Gasteiger partial charge < -0.3 is 10.5 Å². The van der Waals surface area contributed by atoms with Gasteiger partial charge in [0.05, 0.1) is 11.0 Å². The molecule has 0 saturated carbocycles. The largest absolute Gasteiger partial charge is 0.487 e. The molecule has 0 spiro atoms. The molecule has 1 fully saturated rings. The minimum absolute atomic E-state index is 0.0278. The van der Waals surface area contributed by atoms with Crippen LogP contribution in [0.5, 0.6) is 5.75 Å². The van der Waals surface area contributed by atoms with Gasteiger partial charge in [-0.05, 0) is 41.2 Å². The molecular formula is C12H15BrN2O2. The van der Waals surface area contributed by atoms with Crippen LogP contribution in [0.25, 0.3) is 0 Å². The highest BCUT2D eigenvalue weighted by molar-refractivity contribution is 9.10. The molecule has 5 heteroatoms. The fourth-order valence-electron chi connectivity index (χ4n) is 1.78. The van der Waals surface area contributed by atoms with Gasteiger partial charge in [-0.15, -0.1) is 0 Å². The molecule has 1 aromatic rings. The lowest BCUT2D eigenvalue weighted by Gasteiger charge is -2.36. The van der Waals surface area contributed by atoms with Crippen molar-refractivity contribution >= 4 is 21.7 Å². The first kappa shape index (κ1) is 12.5. The number of nitrogens with zero attached hydrogens (tertiary/aromatic N) is 1. The summed E-state index contributed by atoms with van der Waals surface area (Å²) < 4.78 is 6.59. The number of rotatable bonds is 4. The quantitative estimate of drug-likeness (QED) is 0.851. The standard InChI is InChI=1S/C12H15BrN2O2/c1-15-6-9(7-15)17-12-3-2-8(4-10(12)13)11(16)5-14/h2-4,9H,5-7,14H2,1H3. The zero-order chi connectivity index (χ0) is 12.4. The van der Waals surface area contributed by atoms with Gasteiger partial charge in [0.25, 0.3) is 0 Å². The topological polar surface area (TPSA) is 55.6 Å². The Kier molecular flexibility index (Phi) is 3.81. The van der Waals surface area contributed by atoms with Crippen molar-refractivity contribution < 1.29 is 9.53 Å². The minimum Gasteiger partial charge on any atom is -0.487 e. The molecule has 4 nitrogen and oxygen atoms in total. The third-order valence-corrected chi connectivity index (χ3v) is 3.38. The Bertz CT molecular complexity index is 431. The molecule has 92 valence electrons. The second kappa shape index (κ2) is 5.16. The Balaban J connectivity index is 2.06. The van der Waals surface area contributed by atoms with Gasteiger partial charge >= 0.3 is 0 Å². The average Bonchev–Trinajstić information content (AvgIpc) is 2.28. The summed E-state index contributed by atoms with van der Waals surface area (Å²) in [6.07, 6.45) is 0.243. The molecule has 17 heavy (non-hydrogen) atoms. The van der Waals surface area contributed by atoms with E-state index in [-0.39, 0.29) is 18.4 Å². The summed E-state index contributed by atoms with van der Waals surface area (Å²) in [5.41, 5.74) is 5.93. The van der Waals surface area contributed by atoms with E-state index >= 15 is 0 Å². The summed E-state index contributed by atoms with van der Waals surface area (Å²) in [5.74, 6) is 0.706. The lowest BCUT2D eigenvalue weighted by atomic mass is 10.1. The van der Waals surface area contributed by atoms with Crippen LogP contribution in [0.2, 0.25) is 0 Å². The normalized spacial score (nSPS) is 16.6. The average molecular weight is 299 g/mol. The van der Waals surface area contributed by atoms with Gasteiger partial charge in [-0.2, -0.15) is 0 Å². The monoisotopic (exact) mass is 298 g/mol. The van der Waals surface area contributed by atoms with E-state index in [9.17, 15) is 4.79 Å². The number of carbonyl (C=O) groups excluding carboxylic acids is 1. The smallest absolute Gasteiger partial charge is 0.176 e. The molecule has 2 rings (SSSR count). The number of hydrogen-bond donors (Lipinski definition) is 1. The maximum Gasteiger partial charge on any atom is 0.176 e. The van der Waals surface area contributed by atoms with Crippen molar-refractivity contribution in [2.75, 3.05) is 26.7 Å². The molecule has 0 aliphatic carbocycles. The van der Waals surface area contributed by atoms with Crippen molar-refractivity contribution in [3.63, 3.8) is 0 Å². The summed E-state index contributed by atoms with van der Waals surface area (Å²) in [6.45, 7) is 1.91. The van der Waals surface area contributed by atoms with Crippen molar-refractivity contribution in [1.82, 2.24) is 4.90 Å². The van der Waals surface area contributed by atoms with Crippen molar-refractivity contribution in [3.05, 3.63) is 28.2 Å². The predicted octanol–water partition coefficient (Wildman–Crippen LogP) is 1.28. The van der Waals surface area contributed by atoms with Crippen molar-refractivity contribution in [2.24, 2.45) is 5.73 Å². The summed E-state index contributed by atoms with van der Waals surface area (Å²) in [5, 5.41) is 0. The van der Waals surface area contributed by atoms with Gasteiger partial charge in [0.15, 0.2) is 5.78 Å². The first-order valence-electron chi connectivity index (χ1n) is 5.48. The third-order valence-electron chi connectivity index (χ3n) is 2.76. The highest BCUT2D eigenvalue weighted by atomic mass is 79.9. The van der Waals surface area contributed by atoms with E-state index in [1.165, 1.54) is 0 Å². The molecule has 0 atom stereocenters. The number of benzene rings is 1. The van der Waals surface area contributed by atoms with Crippen LogP contribution in [0.4, 0.5) is 0 Å². The molecule has 0 aromatic heterocycles. The fraction of sp³-hybridized carbons (Fsp3) is 0.417. The third kappa shape index (κ3) is 2.86. The lowest BCUT2D eigenvalue weighted by Crippen LogP contribution is -2.51. The molecule has 0 unspecified atom stereocenters. The Morgan fingerprint density at radius 1 is 1.59 bits per heavy atom. The maximum atomic E-state index is 11.4. The molecular weight excluding hydrogens is 284 g/mol. The molecule has 1 aromatic carbocycles. The van der Waals surface area contributed by atoms with Gasteiger partial charge in [-0.1, -0.05) is 0 Å². The highest BCUT2D eigenvalue weighted by Gasteiger charge is 2.25. The number of carbonyl (C=O) groups is 1. The van der Waals surface area contributed by atoms with Crippen molar-refractivity contribution in [3.8, 4) is 5.75 Å². The number of Topliss-reactive ketones (excluding diaryl/α,β-unsaturated/α-hetero) is 1. The summed E-state index contributed by atoms with van der Waals surface area (Å²) in [7, 11) is 2.05. The number of likely N-dealkylation sites (N-methyl/N-ethyl adjacent to an activating group) is 1. The van der Waals surface area contributed by atoms with Crippen LogP contribution in [0.3, 0.4) is 0 Å². The predicted molar refractivity (Wildman–Crippen MR) is 69.4 cm³/mol. The van der Waals surface area contributed by atoms with Crippen molar-refractivity contribution in [1.29, 1.82) is 0 Å². The van der Waals surface area contributed by atoms with Gasteiger partial charge in [0.1, 0.15) is 11.9 Å². The summed E-state index contributed by atoms with van der Waals surface area (Å²) in [4.78, 5) is 13.6. The molecule has 1 saturated heterocycles. The minimum atomic E-state index is -0.0689. The number of hydrogen-bond acceptors (Lipinski definition) is 4. The van der Waals surface area contributed by atoms with E-state index in [4.69, 9.17) is 10.5 Å². The summed E-state index contributed by atoms with van der Waals surface area (Å²) in [6, 6.07) is 5.32. The lowest BCUT2D eigenvalue weighted by molar-refractivity contribution is 0.0383. The number of nitrogens with two attached hydrogens (primary N) is 1. The SMILES string of the molecule is CN1CC(Oc2ccc(C(=O)CN)cc2Br)C1. The highest BCUT2D eigenvalue weighted by Crippen LogP contribution is 2.28. The Morgan fingerprint density at radius 2 is 2.29 bits per heavy atom. The first-order chi connectivity index (χ1) is 8.10. The van der Waals surface area contributed by atoms with E-state index in [2.05, 4.69) is 27.9 Å². The molecule has 1 aliphatic heterocycles. The van der Waals surface area contributed by atoms with Gasteiger partial charge in [-0.25, -0.2) is 0 Å². The van der Waals surface area contributed by atoms with Crippen LogP contribution in [-0.2, 0) is 0 Å². The first-order valence-corrected chi connectivity index (χ1v) is 6.27. The Labute approximate surface area is 109 Å². The van der Waals surface area contributed by atoms with Crippen LogP contribution in [0.1, 0.15) is 10.4 Å². The molecule has 0 bridgehead atoms. The van der Waals surface area contributed by atoms with E-state index in [1.807, 2.05) is 6.07 Å². The van der Waals surface area contributed by atoms with Gasteiger partial charge in [-0.3, -0.25) is 9.69 Å². The van der Waals surface area contributed by atoms with Crippen molar-refractivity contribution in [2.45, 2.75) is 6.10 Å². The summed E-state index contributed by atoms with van der Waals surface area (Å²) >= 11 is 3.41. The number of likely N-dealkylation sites (tertiary alicyclic amines) is 1. The maximum absolute atomic E-state index is 11.4. The van der Waals surface area contributed by atoms with E-state index in [0.29, 0.717) is 5.56 Å². The zero-order valence-electron chi connectivity index (χ0n) is 9.65. The molecule has 1 heterocycles. The van der Waals surface area contributed by atoms with E-state index in [1.54, 1.807) is 12.1 Å². The molecule has 0 amide bonds. The van der Waals surface area contributed by atoms with Crippen LogP contribution in [0, 0.1) is 0 Å². The number of ether oxygens (including phenoxy) is 1. The second-order valence-corrected chi connectivity index (χ2v) is 5.09. The van der Waals surface area contributed by atoms with Crippen LogP contribution in [0.15, 0.2) is 22.7 Å². The molecule has 1 aliphatic rings. The zero-order valence-corrected chi connectivity index (χ0v) is 11.2. The van der Waals surface area contributed by atoms with Crippen LogP contribution in [-0.4, -0.2) is 43.5 Å². The fourth-order valence-corrected chi connectivity index (χ4v) is 2.26. The van der Waals surface area contributed by atoms with Crippen LogP contribution >= 0.6 is 15.9 Å². The molecule has 2 N–H and O–H groups in total. The number of halogens is 1. The van der Waals surface area contributed by atoms with E-state index in [0.717, 1.165) is 23.3 Å².